The summed E-state index contributed by atoms with van der Waals surface area (Å²) in [6, 6.07) is 8.63. The lowest BCUT2D eigenvalue weighted by molar-refractivity contribution is -0.142. The van der Waals surface area contributed by atoms with Crippen LogP contribution in [0.1, 0.15) is 30.2 Å². The third-order valence-corrected chi connectivity index (χ3v) is 4.70. The summed E-state index contributed by atoms with van der Waals surface area (Å²) in [7, 11) is 1.62. The number of carbonyl (C=O) groups is 1. The number of carboxylic acid groups (broad SMARTS) is 1. The number of aliphatic carboxylic acids is 1. The predicted octanol–water partition coefficient (Wildman–Crippen LogP) is 3.69. The van der Waals surface area contributed by atoms with Crippen molar-refractivity contribution in [3.05, 3.63) is 52.4 Å². The molecule has 0 spiro atoms. The SMILES string of the molecule is COc1ccc(Br)cc1C(c1ccco1)N1CCCC1C(=O)O. The van der Waals surface area contributed by atoms with E-state index in [2.05, 4.69) is 15.9 Å². The van der Waals surface area contributed by atoms with Crippen molar-refractivity contribution in [1.82, 2.24) is 4.90 Å². The average molecular weight is 380 g/mol. The number of benzene rings is 1. The van der Waals surface area contributed by atoms with E-state index in [9.17, 15) is 9.90 Å². The fourth-order valence-corrected chi connectivity index (χ4v) is 3.60. The minimum atomic E-state index is -0.798. The van der Waals surface area contributed by atoms with Gasteiger partial charge in [-0.25, -0.2) is 0 Å². The lowest BCUT2D eigenvalue weighted by atomic mass is 10.0. The van der Waals surface area contributed by atoms with Gasteiger partial charge in [0, 0.05) is 16.6 Å². The minimum Gasteiger partial charge on any atom is -0.496 e. The third kappa shape index (κ3) is 3.14. The Bertz CT molecular complexity index is 686. The first kappa shape index (κ1) is 16.1. The van der Waals surface area contributed by atoms with E-state index in [1.807, 2.05) is 35.2 Å². The molecule has 0 radical (unpaired) electrons. The summed E-state index contributed by atoms with van der Waals surface area (Å²) in [5.74, 6) is 0.633. The molecule has 1 aromatic heterocycles. The molecule has 122 valence electrons. The van der Waals surface area contributed by atoms with Gasteiger partial charge in [0.15, 0.2) is 0 Å². The molecule has 0 amide bonds. The Morgan fingerprint density at radius 2 is 2.30 bits per heavy atom. The molecule has 2 heterocycles. The maximum Gasteiger partial charge on any atom is 0.320 e. The molecule has 1 aliphatic rings. The number of rotatable bonds is 5. The maximum absolute atomic E-state index is 11.6. The summed E-state index contributed by atoms with van der Waals surface area (Å²) in [5.41, 5.74) is 0.893. The molecule has 1 N–H and O–H groups in total. The molecular formula is C17H18BrNO4. The molecule has 0 bridgehead atoms. The van der Waals surface area contributed by atoms with Crippen LogP contribution in [0.15, 0.2) is 45.5 Å². The van der Waals surface area contributed by atoms with Crippen molar-refractivity contribution in [3.8, 4) is 5.75 Å². The molecule has 2 unspecified atom stereocenters. The van der Waals surface area contributed by atoms with E-state index in [0.29, 0.717) is 18.7 Å². The van der Waals surface area contributed by atoms with Crippen molar-refractivity contribution in [2.45, 2.75) is 24.9 Å². The van der Waals surface area contributed by atoms with Gasteiger partial charge in [0.05, 0.1) is 19.4 Å². The van der Waals surface area contributed by atoms with Gasteiger partial charge in [-0.2, -0.15) is 0 Å². The molecule has 1 aliphatic heterocycles. The second-order valence-corrected chi connectivity index (χ2v) is 6.45. The average Bonchev–Trinajstić information content (AvgIpc) is 3.20. The van der Waals surface area contributed by atoms with Crippen LogP contribution in [0.3, 0.4) is 0 Å². The van der Waals surface area contributed by atoms with Crippen molar-refractivity contribution < 1.29 is 19.1 Å². The zero-order valence-corrected chi connectivity index (χ0v) is 14.3. The Morgan fingerprint density at radius 3 is 2.96 bits per heavy atom. The second-order valence-electron chi connectivity index (χ2n) is 5.54. The zero-order chi connectivity index (χ0) is 16.4. The van der Waals surface area contributed by atoms with E-state index in [1.54, 1.807) is 13.4 Å². The Balaban J connectivity index is 2.10. The summed E-state index contributed by atoms with van der Waals surface area (Å²) < 4.78 is 12.0. The van der Waals surface area contributed by atoms with Gasteiger partial charge in [-0.3, -0.25) is 9.69 Å². The minimum absolute atomic E-state index is 0.291. The number of methoxy groups -OCH3 is 1. The fourth-order valence-electron chi connectivity index (χ4n) is 3.22. The summed E-state index contributed by atoms with van der Waals surface area (Å²) in [6.07, 6.45) is 3.10. The fraction of sp³-hybridized carbons (Fsp3) is 0.353. The molecule has 6 heteroatoms. The summed E-state index contributed by atoms with van der Waals surface area (Å²) in [4.78, 5) is 13.6. The lowest BCUT2D eigenvalue weighted by Crippen LogP contribution is -2.39. The molecule has 0 saturated carbocycles. The van der Waals surface area contributed by atoms with Crippen LogP contribution < -0.4 is 4.74 Å². The van der Waals surface area contributed by atoms with Crippen LogP contribution in [0, 0.1) is 0 Å². The molecule has 1 aromatic carbocycles. The topological polar surface area (TPSA) is 62.9 Å². The molecule has 1 saturated heterocycles. The van der Waals surface area contributed by atoms with Crippen molar-refractivity contribution in [3.63, 3.8) is 0 Å². The molecule has 2 aromatic rings. The van der Waals surface area contributed by atoms with Crippen LogP contribution in [0.4, 0.5) is 0 Å². The van der Waals surface area contributed by atoms with E-state index in [1.165, 1.54) is 0 Å². The maximum atomic E-state index is 11.6. The van der Waals surface area contributed by atoms with Crippen molar-refractivity contribution in [2.75, 3.05) is 13.7 Å². The van der Waals surface area contributed by atoms with Gasteiger partial charge in [-0.05, 0) is 43.2 Å². The Hall–Kier alpha value is -1.79. The first-order valence-electron chi connectivity index (χ1n) is 7.47. The van der Waals surface area contributed by atoms with Crippen LogP contribution >= 0.6 is 15.9 Å². The largest absolute Gasteiger partial charge is 0.496 e. The molecule has 3 rings (SSSR count). The number of hydrogen-bond donors (Lipinski definition) is 1. The first-order chi connectivity index (χ1) is 11.1. The van der Waals surface area contributed by atoms with Gasteiger partial charge < -0.3 is 14.3 Å². The molecule has 5 nitrogen and oxygen atoms in total. The number of halogens is 1. The molecule has 0 aliphatic carbocycles. The molecule has 2 atom stereocenters. The van der Waals surface area contributed by atoms with Crippen LogP contribution in [-0.4, -0.2) is 35.7 Å². The molecular weight excluding hydrogens is 362 g/mol. The normalized spacial score (nSPS) is 19.7. The van der Waals surface area contributed by atoms with Crippen LogP contribution in [0.5, 0.6) is 5.75 Å². The van der Waals surface area contributed by atoms with Gasteiger partial charge in [0.1, 0.15) is 17.6 Å². The highest BCUT2D eigenvalue weighted by molar-refractivity contribution is 9.10. The van der Waals surface area contributed by atoms with Gasteiger partial charge >= 0.3 is 5.97 Å². The van der Waals surface area contributed by atoms with Crippen molar-refractivity contribution >= 4 is 21.9 Å². The van der Waals surface area contributed by atoms with Gasteiger partial charge in [-0.15, -0.1) is 0 Å². The highest BCUT2D eigenvalue weighted by atomic mass is 79.9. The number of furan rings is 1. The van der Waals surface area contributed by atoms with Crippen LogP contribution in [0.2, 0.25) is 0 Å². The van der Waals surface area contributed by atoms with Crippen LogP contribution in [0.25, 0.3) is 0 Å². The van der Waals surface area contributed by atoms with E-state index < -0.39 is 12.0 Å². The van der Waals surface area contributed by atoms with Crippen molar-refractivity contribution in [2.24, 2.45) is 0 Å². The Labute approximate surface area is 143 Å². The Morgan fingerprint density at radius 1 is 1.48 bits per heavy atom. The number of likely N-dealkylation sites (tertiary alicyclic amines) is 1. The number of carboxylic acids is 1. The summed E-state index contributed by atoms with van der Waals surface area (Å²) in [5, 5.41) is 9.55. The summed E-state index contributed by atoms with van der Waals surface area (Å²) >= 11 is 3.49. The quantitative estimate of drug-likeness (QED) is 0.857. The second kappa shape index (κ2) is 6.76. The number of nitrogens with zero attached hydrogens (tertiary/aromatic N) is 1. The standard InChI is InChI=1S/C17H18BrNO4/c1-22-14-7-6-11(18)10-12(14)16(15-5-3-9-23-15)19-8-2-4-13(19)17(20)21/h3,5-7,9-10,13,16H,2,4,8H2,1H3,(H,20,21). The number of ether oxygens (including phenoxy) is 1. The highest BCUT2D eigenvalue weighted by Gasteiger charge is 2.39. The third-order valence-electron chi connectivity index (χ3n) is 4.21. The monoisotopic (exact) mass is 379 g/mol. The Kier molecular flexibility index (Phi) is 4.73. The van der Waals surface area contributed by atoms with Gasteiger partial charge in [0.25, 0.3) is 0 Å². The van der Waals surface area contributed by atoms with Crippen molar-refractivity contribution in [1.29, 1.82) is 0 Å². The predicted molar refractivity (Wildman–Crippen MR) is 88.6 cm³/mol. The molecule has 1 fully saturated rings. The van der Waals surface area contributed by atoms with E-state index >= 15 is 0 Å². The van der Waals surface area contributed by atoms with Crippen LogP contribution in [-0.2, 0) is 4.79 Å². The van der Waals surface area contributed by atoms with E-state index in [-0.39, 0.29) is 6.04 Å². The highest BCUT2D eigenvalue weighted by Crippen LogP contribution is 2.40. The first-order valence-corrected chi connectivity index (χ1v) is 8.26. The van der Waals surface area contributed by atoms with Gasteiger partial charge in [-0.1, -0.05) is 15.9 Å². The van der Waals surface area contributed by atoms with E-state index in [0.717, 1.165) is 22.2 Å². The zero-order valence-electron chi connectivity index (χ0n) is 12.7. The van der Waals surface area contributed by atoms with E-state index in [4.69, 9.17) is 9.15 Å². The number of hydrogen-bond acceptors (Lipinski definition) is 4. The molecule has 23 heavy (non-hydrogen) atoms. The smallest absolute Gasteiger partial charge is 0.320 e. The lowest BCUT2D eigenvalue weighted by Gasteiger charge is -2.31. The summed E-state index contributed by atoms with van der Waals surface area (Å²) in [6.45, 7) is 0.706. The van der Waals surface area contributed by atoms with Gasteiger partial charge in [0.2, 0.25) is 0 Å².